The number of carboxylic acids is 1. The fourth-order valence-electron chi connectivity index (χ4n) is 2.84. The minimum absolute atomic E-state index is 0.0530. The van der Waals surface area contributed by atoms with Gasteiger partial charge in [-0.3, -0.25) is 9.13 Å². The van der Waals surface area contributed by atoms with E-state index in [0.717, 1.165) is 0 Å². The molecule has 1 aliphatic rings. The smallest absolute Gasteiger partial charge is 0.365 e. The van der Waals surface area contributed by atoms with Gasteiger partial charge in [-0.05, 0) is 6.92 Å². The molecular formula is C13H18N5O8P. The number of carbonyl (C=O) groups is 1. The molecular weight excluding hydrogens is 385 g/mol. The van der Waals surface area contributed by atoms with E-state index < -0.39 is 44.5 Å². The largest absolute Gasteiger partial charge is 0.479 e. The summed E-state index contributed by atoms with van der Waals surface area (Å²) in [4.78, 5) is 41.3. The average Bonchev–Trinajstić information content (AvgIpc) is 3.09. The van der Waals surface area contributed by atoms with Crippen molar-refractivity contribution in [2.24, 2.45) is 0 Å². The molecule has 0 bridgehead atoms. The Bertz CT molecular complexity index is 913. The lowest BCUT2D eigenvalue weighted by atomic mass is 10.2. The Morgan fingerprint density at radius 3 is 2.85 bits per heavy atom. The Kier molecular flexibility index (Phi) is 5.16. The van der Waals surface area contributed by atoms with Gasteiger partial charge < -0.3 is 35.2 Å². The zero-order valence-corrected chi connectivity index (χ0v) is 14.9. The Balaban J connectivity index is 1.76. The number of anilines is 1. The second kappa shape index (κ2) is 7.11. The standard InChI is InChI=1S/C13H18N5O8P/c1-5-16-9(14)8-10(17-5)18(4-15-8)11-7(19)2-6(26-11)3-25-13(12(20)21)27(22,23)24/h4,6-7,11,13,19H,2-3H2,1H3,(H,20,21)(H2,14,16,17)(H2,22,23,24). The Labute approximate surface area is 151 Å². The minimum Gasteiger partial charge on any atom is -0.479 e. The maximum atomic E-state index is 11.2. The third-order valence-corrected chi connectivity index (χ3v) is 4.94. The average molecular weight is 403 g/mol. The predicted molar refractivity (Wildman–Crippen MR) is 88.4 cm³/mol. The number of imidazole rings is 1. The maximum absolute atomic E-state index is 11.2. The Morgan fingerprint density at radius 2 is 2.22 bits per heavy atom. The maximum Gasteiger partial charge on any atom is 0.365 e. The summed E-state index contributed by atoms with van der Waals surface area (Å²) in [7, 11) is -5.00. The van der Waals surface area contributed by atoms with Crippen LogP contribution in [0.5, 0.6) is 0 Å². The van der Waals surface area contributed by atoms with Crippen molar-refractivity contribution in [2.75, 3.05) is 12.3 Å². The molecule has 4 atom stereocenters. The molecule has 6 N–H and O–H groups in total. The summed E-state index contributed by atoms with van der Waals surface area (Å²) in [5.74, 6) is -3.52. The summed E-state index contributed by atoms with van der Waals surface area (Å²) in [5, 5.41) is 19.2. The predicted octanol–water partition coefficient (Wildman–Crippen LogP) is -1.03. The molecule has 3 rings (SSSR count). The molecule has 1 fully saturated rings. The molecule has 0 amide bonds. The Morgan fingerprint density at radius 1 is 1.52 bits per heavy atom. The zero-order chi connectivity index (χ0) is 19.9. The van der Waals surface area contributed by atoms with Gasteiger partial charge in [0, 0.05) is 6.42 Å². The van der Waals surface area contributed by atoms with Gasteiger partial charge in [0.1, 0.15) is 17.4 Å². The number of carboxylic acid groups (broad SMARTS) is 1. The van der Waals surface area contributed by atoms with E-state index in [2.05, 4.69) is 15.0 Å². The number of hydrogen-bond acceptors (Lipinski definition) is 9. The molecule has 14 heteroatoms. The van der Waals surface area contributed by atoms with Crippen LogP contribution in [0.3, 0.4) is 0 Å². The van der Waals surface area contributed by atoms with Gasteiger partial charge in [0.25, 0.3) is 5.85 Å². The summed E-state index contributed by atoms with van der Waals surface area (Å²) in [6.45, 7) is 1.21. The van der Waals surface area contributed by atoms with Gasteiger partial charge in [-0.2, -0.15) is 0 Å². The van der Waals surface area contributed by atoms with Crippen molar-refractivity contribution in [2.45, 2.75) is 37.6 Å². The van der Waals surface area contributed by atoms with Crippen LogP contribution in [-0.2, 0) is 18.8 Å². The van der Waals surface area contributed by atoms with Crippen molar-refractivity contribution in [3.8, 4) is 0 Å². The molecule has 4 unspecified atom stereocenters. The number of aryl methyl sites for hydroxylation is 1. The molecule has 13 nitrogen and oxygen atoms in total. The van der Waals surface area contributed by atoms with Crippen LogP contribution >= 0.6 is 7.60 Å². The molecule has 148 valence electrons. The first-order valence-electron chi connectivity index (χ1n) is 7.77. The number of aliphatic carboxylic acids is 1. The number of aromatic nitrogens is 4. The van der Waals surface area contributed by atoms with Gasteiger partial charge in [-0.15, -0.1) is 0 Å². The van der Waals surface area contributed by atoms with Crippen molar-refractivity contribution >= 4 is 30.5 Å². The van der Waals surface area contributed by atoms with Crippen LogP contribution in [0, 0.1) is 6.92 Å². The van der Waals surface area contributed by atoms with Gasteiger partial charge in [0.05, 0.1) is 19.0 Å². The first kappa shape index (κ1) is 19.6. The molecule has 3 heterocycles. The number of ether oxygens (including phenoxy) is 2. The fraction of sp³-hybridized carbons (Fsp3) is 0.538. The number of aliphatic hydroxyl groups excluding tert-OH is 1. The molecule has 1 saturated heterocycles. The lowest BCUT2D eigenvalue weighted by Crippen LogP contribution is -2.28. The molecule has 0 aliphatic carbocycles. The van der Waals surface area contributed by atoms with Gasteiger partial charge in [-0.25, -0.2) is 19.7 Å². The highest BCUT2D eigenvalue weighted by atomic mass is 31.2. The first-order valence-corrected chi connectivity index (χ1v) is 9.46. The van der Waals surface area contributed by atoms with E-state index in [-0.39, 0.29) is 12.2 Å². The quantitative estimate of drug-likeness (QED) is 0.367. The van der Waals surface area contributed by atoms with Crippen molar-refractivity contribution in [3.63, 3.8) is 0 Å². The van der Waals surface area contributed by atoms with Crippen molar-refractivity contribution in [3.05, 3.63) is 12.2 Å². The van der Waals surface area contributed by atoms with Gasteiger partial charge in [0.2, 0.25) is 0 Å². The van der Waals surface area contributed by atoms with E-state index in [1.165, 1.54) is 10.9 Å². The minimum atomic E-state index is -5.00. The summed E-state index contributed by atoms with van der Waals surface area (Å²) in [6, 6.07) is 0. The van der Waals surface area contributed by atoms with Crippen LogP contribution in [0.25, 0.3) is 11.2 Å². The van der Waals surface area contributed by atoms with Crippen LogP contribution in [0.2, 0.25) is 0 Å². The molecule has 0 radical (unpaired) electrons. The molecule has 27 heavy (non-hydrogen) atoms. The second-order valence-corrected chi connectivity index (χ2v) is 7.69. The highest BCUT2D eigenvalue weighted by Crippen LogP contribution is 2.42. The monoisotopic (exact) mass is 403 g/mol. The molecule has 0 saturated carbocycles. The topological polar surface area (TPSA) is 203 Å². The highest BCUT2D eigenvalue weighted by Gasteiger charge is 2.41. The summed E-state index contributed by atoms with van der Waals surface area (Å²) in [5.41, 5.74) is 6.49. The first-order chi connectivity index (χ1) is 12.6. The number of nitrogen functional groups attached to an aromatic ring is 1. The van der Waals surface area contributed by atoms with Crippen LogP contribution in [0.4, 0.5) is 5.82 Å². The number of nitrogens with two attached hydrogens (primary N) is 1. The van der Waals surface area contributed by atoms with Gasteiger partial charge >= 0.3 is 13.6 Å². The lowest BCUT2D eigenvalue weighted by molar-refractivity contribution is -0.148. The van der Waals surface area contributed by atoms with E-state index in [1.807, 2.05) is 0 Å². The normalized spacial score (nSPS) is 24.4. The van der Waals surface area contributed by atoms with Crippen LogP contribution in [-0.4, -0.2) is 70.1 Å². The molecule has 2 aromatic heterocycles. The van der Waals surface area contributed by atoms with Crippen molar-refractivity contribution in [1.82, 2.24) is 19.5 Å². The number of fused-ring (bicyclic) bond motifs is 1. The van der Waals surface area contributed by atoms with Crippen LogP contribution < -0.4 is 5.73 Å². The zero-order valence-electron chi connectivity index (χ0n) is 14.0. The van der Waals surface area contributed by atoms with Gasteiger partial charge in [0.15, 0.2) is 17.7 Å². The Hall–Kier alpha value is -2.15. The van der Waals surface area contributed by atoms with Gasteiger partial charge in [-0.1, -0.05) is 0 Å². The molecule has 2 aromatic rings. The number of nitrogens with zero attached hydrogens (tertiary/aromatic N) is 4. The van der Waals surface area contributed by atoms with E-state index in [0.29, 0.717) is 17.0 Å². The lowest BCUT2D eigenvalue weighted by Gasteiger charge is -2.19. The van der Waals surface area contributed by atoms with Crippen LogP contribution in [0.1, 0.15) is 18.5 Å². The third kappa shape index (κ3) is 3.93. The van der Waals surface area contributed by atoms with Crippen molar-refractivity contribution in [1.29, 1.82) is 0 Å². The molecule has 0 spiro atoms. The fourth-order valence-corrected chi connectivity index (χ4v) is 3.40. The highest BCUT2D eigenvalue weighted by molar-refractivity contribution is 7.53. The second-order valence-electron chi connectivity index (χ2n) is 6.04. The third-order valence-electron chi connectivity index (χ3n) is 3.96. The van der Waals surface area contributed by atoms with Crippen LogP contribution in [0.15, 0.2) is 6.33 Å². The number of rotatable bonds is 6. The summed E-state index contributed by atoms with van der Waals surface area (Å²) in [6.07, 6.45) is -1.28. The van der Waals surface area contributed by atoms with Crippen molar-refractivity contribution < 1.29 is 38.8 Å². The van der Waals surface area contributed by atoms with E-state index in [9.17, 15) is 14.5 Å². The summed E-state index contributed by atoms with van der Waals surface area (Å²) < 4.78 is 23.1. The van der Waals surface area contributed by atoms with E-state index in [1.54, 1.807) is 6.92 Å². The number of aliphatic hydroxyl groups is 1. The van der Waals surface area contributed by atoms with E-state index in [4.69, 9.17) is 30.1 Å². The molecule has 0 aromatic carbocycles. The van der Waals surface area contributed by atoms with E-state index >= 15 is 0 Å². The SMILES string of the molecule is Cc1nc(N)c2ncn(C3OC(COC(C(=O)O)P(=O)(O)O)CC3O)c2n1. The molecule has 1 aliphatic heterocycles. The number of hydrogen-bond donors (Lipinski definition) is 5. The summed E-state index contributed by atoms with van der Waals surface area (Å²) >= 11 is 0.